The van der Waals surface area contributed by atoms with Gasteiger partial charge in [-0.15, -0.1) is 0 Å². The number of amides is 1. The smallest absolute Gasteiger partial charge is 0.237 e. The summed E-state index contributed by atoms with van der Waals surface area (Å²) >= 11 is 0. The minimum atomic E-state index is -0.574. The summed E-state index contributed by atoms with van der Waals surface area (Å²) < 4.78 is 5.53. The zero-order valence-corrected chi connectivity index (χ0v) is 13.5. The summed E-state index contributed by atoms with van der Waals surface area (Å²) in [5.41, 5.74) is 5.04. The molecule has 5 nitrogen and oxygen atoms in total. The number of nitrogens with one attached hydrogen (secondary N) is 1. The molecule has 0 aromatic heterocycles. The lowest BCUT2D eigenvalue weighted by Crippen LogP contribution is -2.54. The number of ether oxygens (including phenoxy) is 1. The van der Waals surface area contributed by atoms with Crippen molar-refractivity contribution in [3.8, 4) is 0 Å². The molecule has 0 saturated carbocycles. The van der Waals surface area contributed by atoms with Gasteiger partial charge in [-0.3, -0.25) is 9.69 Å². The highest BCUT2D eigenvalue weighted by Gasteiger charge is 2.31. The number of unbranched alkanes of at least 4 members (excludes halogenated alkanes) is 1. The molecular weight excluding hydrogens is 254 g/mol. The van der Waals surface area contributed by atoms with E-state index in [-0.39, 0.29) is 11.4 Å². The molecule has 0 radical (unpaired) electrons. The third-order valence-electron chi connectivity index (χ3n) is 4.28. The van der Waals surface area contributed by atoms with Crippen molar-refractivity contribution in [3.63, 3.8) is 0 Å². The molecule has 0 aliphatic carbocycles. The van der Waals surface area contributed by atoms with Crippen LogP contribution < -0.4 is 11.1 Å². The second kappa shape index (κ2) is 7.38. The van der Waals surface area contributed by atoms with Gasteiger partial charge in [-0.25, -0.2) is 0 Å². The van der Waals surface area contributed by atoms with E-state index in [1.54, 1.807) is 0 Å². The van der Waals surface area contributed by atoms with E-state index in [1.807, 2.05) is 13.8 Å². The third kappa shape index (κ3) is 4.72. The van der Waals surface area contributed by atoms with Crippen LogP contribution in [0.25, 0.3) is 0 Å². The first-order chi connectivity index (χ1) is 9.32. The third-order valence-corrected chi connectivity index (χ3v) is 4.28. The molecule has 5 heteroatoms. The molecule has 1 unspecified atom stereocenters. The van der Waals surface area contributed by atoms with Gasteiger partial charge in [0.05, 0.1) is 18.8 Å². The van der Waals surface area contributed by atoms with Crippen molar-refractivity contribution < 1.29 is 9.53 Å². The Morgan fingerprint density at radius 2 is 2.15 bits per heavy atom. The number of likely N-dealkylation sites (N-methyl/N-ethyl adjacent to an activating group) is 1. The van der Waals surface area contributed by atoms with Gasteiger partial charge in [-0.1, -0.05) is 6.92 Å². The first kappa shape index (κ1) is 17.4. The van der Waals surface area contributed by atoms with Crippen LogP contribution in [-0.4, -0.2) is 54.7 Å². The van der Waals surface area contributed by atoms with Crippen molar-refractivity contribution in [1.82, 2.24) is 10.2 Å². The molecule has 118 valence electrons. The number of rotatable bonds is 8. The lowest BCUT2D eigenvalue weighted by atomic mass is 9.93. The highest BCUT2D eigenvalue weighted by molar-refractivity contribution is 5.84. The molecule has 0 aromatic carbocycles. The number of carbonyl (C=O) groups excluding carboxylic acids is 1. The molecule has 20 heavy (non-hydrogen) atoms. The van der Waals surface area contributed by atoms with Gasteiger partial charge in [0.15, 0.2) is 0 Å². The van der Waals surface area contributed by atoms with Gasteiger partial charge in [-0.05, 0) is 53.1 Å². The predicted octanol–water partition coefficient (Wildman–Crippen LogP) is 1.12. The lowest BCUT2D eigenvalue weighted by molar-refractivity contribution is -0.124. The standard InChI is InChI=1S/C15H31N3O2/c1-5-17-15(4,13(16)19)8-6-7-9-18-10-11-20-12-14(18,2)3/h17H,5-12H2,1-4H3,(H2,16,19). The molecule has 1 saturated heterocycles. The minimum absolute atomic E-state index is 0.118. The highest BCUT2D eigenvalue weighted by atomic mass is 16.5. The molecule has 1 amide bonds. The Balaban J connectivity index is 2.35. The van der Waals surface area contributed by atoms with E-state index >= 15 is 0 Å². The van der Waals surface area contributed by atoms with Crippen molar-refractivity contribution in [2.45, 2.75) is 58.0 Å². The Labute approximate surface area is 123 Å². The predicted molar refractivity (Wildman–Crippen MR) is 81.6 cm³/mol. The molecule has 1 rings (SSSR count). The van der Waals surface area contributed by atoms with Crippen molar-refractivity contribution in [3.05, 3.63) is 0 Å². The summed E-state index contributed by atoms with van der Waals surface area (Å²) in [6, 6.07) is 0. The molecule has 1 heterocycles. The molecule has 3 N–H and O–H groups in total. The van der Waals surface area contributed by atoms with E-state index in [0.717, 1.165) is 52.1 Å². The monoisotopic (exact) mass is 285 g/mol. The fraction of sp³-hybridized carbons (Fsp3) is 0.933. The van der Waals surface area contributed by atoms with Crippen LogP contribution in [0.3, 0.4) is 0 Å². The number of carbonyl (C=O) groups is 1. The first-order valence-corrected chi connectivity index (χ1v) is 7.69. The largest absolute Gasteiger partial charge is 0.378 e. The highest BCUT2D eigenvalue weighted by Crippen LogP contribution is 2.20. The van der Waals surface area contributed by atoms with E-state index in [2.05, 4.69) is 24.1 Å². The number of morpholine rings is 1. The average Bonchev–Trinajstić information content (AvgIpc) is 2.36. The van der Waals surface area contributed by atoms with Crippen LogP contribution in [0, 0.1) is 0 Å². The second-order valence-corrected chi connectivity index (χ2v) is 6.54. The number of hydrogen-bond acceptors (Lipinski definition) is 4. The van der Waals surface area contributed by atoms with E-state index < -0.39 is 5.54 Å². The van der Waals surface area contributed by atoms with Crippen molar-refractivity contribution >= 4 is 5.91 Å². The van der Waals surface area contributed by atoms with Crippen LogP contribution in [0.15, 0.2) is 0 Å². The van der Waals surface area contributed by atoms with Gasteiger partial charge in [0.25, 0.3) is 0 Å². The van der Waals surface area contributed by atoms with Gasteiger partial charge in [0, 0.05) is 12.1 Å². The van der Waals surface area contributed by atoms with E-state index in [9.17, 15) is 4.79 Å². The summed E-state index contributed by atoms with van der Waals surface area (Å²) in [5, 5.41) is 3.20. The molecule has 1 atom stereocenters. The molecule has 1 aliphatic heterocycles. The number of nitrogens with zero attached hydrogens (tertiary/aromatic N) is 1. The SMILES string of the molecule is CCNC(C)(CCCCN1CCOCC1(C)C)C(N)=O. The van der Waals surface area contributed by atoms with Crippen LogP contribution in [0.5, 0.6) is 0 Å². The average molecular weight is 285 g/mol. The maximum Gasteiger partial charge on any atom is 0.237 e. The summed E-state index contributed by atoms with van der Waals surface area (Å²) in [6.45, 7) is 12.8. The van der Waals surface area contributed by atoms with Crippen LogP contribution in [0.2, 0.25) is 0 Å². The van der Waals surface area contributed by atoms with Gasteiger partial charge in [0.1, 0.15) is 0 Å². The van der Waals surface area contributed by atoms with E-state index in [4.69, 9.17) is 10.5 Å². The van der Waals surface area contributed by atoms with Crippen LogP contribution >= 0.6 is 0 Å². The van der Waals surface area contributed by atoms with Gasteiger partial charge in [0.2, 0.25) is 5.91 Å². The maximum absolute atomic E-state index is 11.5. The minimum Gasteiger partial charge on any atom is -0.378 e. The normalized spacial score (nSPS) is 22.4. The number of nitrogens with two attached hydrogens (primary N) is 1. The van der Waals surface area contributed by atoms with E-state index in [1.165, 1.54) is 0 Å². The fourth-order valence-corrected chi connectivity index (χ4v) is 2.78. The van der Waals surface area contributed by atoms with Gasteiger partial charge in [-0.2, -0.15) is 0 Å². The molecule has 1 fully saturated rings. The maximum atomic E-state index is 11.5. The summed E-state index contributed by atoms with van der Waals surface area (Å²) in [7, 11) is 0. The molecule has 0 spiro atoms. The lowest BCUT2D eigenvalue weighted by Gasteiger charge is -2.42. The topological polar surface area (TPSA) is 67.6 Å². The zero-order chi connectivity index (χ0) is 15.2. The number of hydrogen-bond donors (Lipinski definition) is 2. The Morgan fingerprint density at radius 1 is 1.45 bits per heavy atom. The number of primary amides is 1. The Hall–Kier alpha value is -0.650. The molecule has 0 bridgehead atoms. The first-order valence-electron chi connectivity index (χ1n) is 7.69. The summed E-state index contributed by atoms with van der Waals surface area (Å²) in [5.74, 6) is -0.258. The van der Waals surface area contributed by atoms with Crippen LogP contribution in [0.1, 0.15) is 47.0 Å². The quantitative estimate of drug-likeness (QED) is 0.656. The van der Waals surface area contributed by atoms with Gasteiger partial charge >= 0.3 is 0 Å². The van der Waals surface area contributed by atoms with Crippen LogP contribution in [-0.2, 0) is 9.53 Å². The van der Waals surface area contributed by atoms with Crippen molar-refractivity contribution in [1.29, 1.82) is 0 Å². The zero-order valence-electron chi connectivity index (χ0n) is 13.5. The Kier molecular flexibility index (Phi) is 6.43. The molecule has 1 aliphatic rings. The Bertz CT molecular complexity index is 320. The molecular formula is C15H31N3O2. The summed E-state index contributed by atoms with van der Waals surface area (Å²) in [6.07, 6.45) is 2.87. The molecule has 0 aromatic rings. The fourth-order valence-electron chi connectivity index (χ4n) is 2.78. The van der Waals surface area contributed by atoms with Gasteiger partial charge < -0.3 is 15.8 Å². The second-order valence-electron chi connectivity index (χ2n) is 6.54. The van der Waals surface area contributed by atoms with Crippen molar-refractivity contribution in [2.75, 3.05) is 32.8 Å². The van der Waals surface area contributed by atoms with E-state index in [0.29, 0.717) is 0 Å². The Morgan fingerprint density at radius 3 is 2.70 bits per heavy atom. The van der Waals surface area contributed by atoms with Crippen LogP contribution in [0.4, 0.5) is 0 Å². The summed E-state index contributed by atoms with van der Waals surface area (Å²) in [4.78, 5) is 14.0. The van der Waals surface area contributed by atoms with Crippen molar-refractivity contribution in [2.24, 2.45) is 5.73 Å².